The Morgan fingerprint density at radius 2 is 1.50 bits per heavy atom. The van der Waals surface area contributed by atoms with Crippen molar-refractivity contribution in [2.24, 2.45) is 17.8 Å². The molecule has 7 heteroatoms. The molecule has 0 bridgehead atoms. The third-order valence-corrected chi connectivity index (χ3v) is 5.98. The van der Waals surface area contributed by atoms with E-state index >= 15 is 0 Å². The molecule has 3 unspecified atom stereocenters. The number of allylic oxidation sites excluding steroid dienone is 2. The number of amides is 4. The van der Waals surface area contributed by atoms with E-state index in [9.17, 15) is 19.2 Å². The highest BCUT2D eigenvalue weighted by atomic mass is 16.2. The number of hydrogen-bond donors (Lipinski definition) is 2. The number of benzene rings is 2. The fraction of sp³-hybridized carbons (Fsp3) is 0.280. The van der Waals surface area contributed by atoms with Crippen molar-refractivity contribution in [2.75, 3.05) is 15.5 Å². The number of carbonyl (C=O) groups excluding carboxylic acids is 4. The summed E-state index contributed by atoms with van der Waals surface area (Å²) in [5.41, 5.74) is 3.25. The minimum atomic E-state index is -0.324. The summed E-state index contributed by atoms with van der Waals surface area (Å²) < 4.78 is 0. The van der Waals surface area contributed by atoms with Crippen LogP contribution in [0, 0.1) is 17.8 Å². The van der Waals surface area contributed by atoms with E-state index in [4.69, 9.17) is 0 Å². The molecule has 1 heterocycles. The molecule has 2 N–H and O–H groups in total. The largest absolute Gasteiger partial charge is 0.326 e. The van der Waals surface area contributed by atoms with Crippen LogP contribution in [0.2, 0.25) is 0 Å². The van der Waals surface area contributed by atoms with Gasteiger partial charge in [-0.3, -0.25) is 24.1 Å². The van der Waals surface area contributed by atoms with Gasteiger partial charge in [-0.15, -0.1) is 0 Å². The first kappa shape index (κ1) is 21.5. The van der Waals surface area contributed by atoms with Crippen molar-refractivity contribution in [3.63, 3.8) is 0 Å². The summed E-state index contributed by atoms with van der Waals surface area (Å²) in [6.07, 6.45) is 2.68. The van der Waals surface area contributed by atoms with Gasteiger partial charge in [-0.25, -0.2) is 0 Å². The highest BCUT2D eigenvalue weighted by Gasteiger charge is 2.51. The molecule has 0 aromatic heterocycles. The van der Waals surface area contributed by atoms with Crippen molar-refractivity contribution in [3.8, 4) is 0 Å². The van der Waals surface area contributed by atoms with Gasteiger partial charge in [0.15, 0.2) is 0 Å². The van der Waals surface area contributed by atoms with Crippen molar-refractivity contribution in [3.05, 3.63) is 65.7 Å². The van der Waals surface area contributed by atoms with Crippen molar-refractivity contribution >= 4 is 40.7 Å². The Labute approximate surface area is 186 Å². The van der Waals surface area contributed by atoms with Gasteiger partial charge in [0.05, 0.1) is 17.5 Å². The second-order valence-electron chi connectivity index (χ2n) is 8.48. The summed E-state index contributed by atoms with van der Waals surface area (Å²) in [4.78, 5) is 50.9. The van der Waals surface area contributed by atoms with Gasteiger partial charge in [0.25, 0.3) is 5.91 Å². The molecular weight excluding hydrogens is 406 g/mol. The van der Waals surface area contributed by atoms with E-state index in [1.807, 2.05) is 13.8 Å². The van der Waals surface area contributed by atoms with Crippen molar-refractivity contribution in [2.45, 2.75) is 27.2 Å². The summed E-state index contributed by atoms with van der Waals surface area (Å²) in [7, 11) is 0. The highest BCUT2D eigenvalue weighted by Crippen LogP contribution is 2.42. The number of imide groups is 1. The van der Waals surface area contributed by atoms with E-state index in [1.54, 1.807) is 48.5 Å². The number of anilines is 3. The second-order valence-corrected chi connectivity index (χ2v) is 8.48. The molecule has 2 aromatic carbocycles. The molecule has 0 spiro atoms. The molecule has 4 amide bonds. The SMILES string of the molecule is CC(=O)Nc1ccc(NC(=O)c2ccc(N3C(=O)C4CC(C)=CC(C)C4C3=O)cc2)cc1. The lowest BCUT2D eigenvalue weighted by molar-refractivity contribution is -0.122. The standard InChI is InChI=1S/C25H25N3O4/c1-14-12-15(2)22-21(13-14)24(31)28(25(22)32)20-10-4-17(5-11-20)23(30)27-19-8-6-18(7-9-19)26-16(3)29/h4-12,15,21-22H,13H2,1-3H3,(H,26,29)(H,27,30). The molecule has 1 fully saturated rings. The maximum absolute atomic E-state index is 13.0. The van der Waals surface area contributed by atoms with Gasteiger partial charge in [-0.1, -0.05) is 18.6 Å². The Kier molecular flexibility index (Phi) is 5.65. The molecule has 3 atom stereocenters. The summed E-state index contributed by atoms with van der Waals surface area (Å²) in [6.45, 7) is 5.40. The van der Waals surface area contributed by atoms with E-state index in [2.05, 4.69) is 16.7 Å². The van der Waals surface area contributed by atoms with Crippen molar-refractivity contribution < 1.29 is 19.2 Å². The van der Waals surface area contributed by atoms with Crippen LogP contribution in [0.25, 0.3) is 0 Å². The average molecular weight is 431 g/mol. The first-order chi connectivity index (χ1) is 15.2. The van der Waals surface area contributed by atoms with Gasteiger partial charge < -0.3 is 10.6 Å². The Hall–Kier alpha value is -3.74. The lowest BCUT2D eigenvalue weighted by atomic mass is 9.76. The molecule has 2 aromatic rings. The molecule has 0 saturated carbocycles. The first-order valence-electron chi connectivity index (χ1n) is 10.6. The van der Waals surface area contributed by atoms with Crippen LogP contribution in [-0.4, -0.2) is 23.6 Å². The van der Waals surface area contributed by atoms with Crippen LogP contribution < -0.4 is 15.5 Å². The van der Waals surface area contributed by atoms with Crippen LogP contribution in [-0.2, 0) is 14.4 Å². The van der Waals surface area contributed by atoms with E-state index in [1.165, 1.54) is 11.8 Å². The number of nitrogens with zero attached hydrogens (tertiary/aromatic N) is 1. The quantitative estimate of drug-likeness (QED) is 0.565. The summed E-state index contributed by atoms with van der Waals surface area (Å²) in [5, 5.41) is 5.46. The number of carbonyl (C=O) groups is 4. The van der Waals surface area contributed by atoms with Gasteiger partial charge >= 0.3 is 0 Å². The number of fused-ring (bicyclic) bond motifs is 1. The van der Waals surface area contributed by atoms with Gasteiger partial charge in [-0.05, 0) is 67.8 Å². The molecule has 4 rings (SSSR count). The normalized spacial score (nSPS) is 22.3. The number of nitrogens with one attached hydrogen (secondary N) is 2. The van der Waals surface area contributed by atoms with Crippen LogP contribution in [0.3, 0.4) is 0 Å². The zero-order valence-electron chi connectivity index (χ0n) is 18.2. The van der Waals surface area contributed by atoms with Gasteiger partial charge in [0, 0.05) is 23.9 Å². The minimum Gasteiger partial charge on any atom is -0.326 e. The Balaban J connectivity index is 1.46. The maximum Gasteiger partial charge on any atom is 0.255 e. The molecular formula is C25H25N3O4. The summed E-state index contributed by atoms with van der Waals surface area (Å²) >= 11 is 0. The van der Waals surface area contributed by atoms with Crippen molar-refractivity contribution in [1.29, 1.82) is 0 Å². The fourth-order valence-corrected chi connectivity index (χ4v) is 4.58. The Bertz CT molecular complexity index is 1120. The average Bonchev–Trinajstić information content (AvgIpc) is 2.99. The van der Waals surface area contributed by atoms with Crippen LogP contribution in [0.15, 0.2) is 60.2 Å². The van der Waals surface area contributed by atoms with E-state index in [0.717, 1.165) is 5.57 Å². The topological polar surface area (TPSA) is 95.6 Å². The van der Waals surface area contributed by atoms with E-state index in [-0.39, 0.29) is 41.4 Å². The van der Waals surface area contributed by atoms with Crippen molar-refractivity contribution in [1.82, 2.24) is 0 Å². The zero-order valence-corrected chi connectivity index (χ0v) is 18.2. The monoisotopic (exact) mass is 431 g/mol. The fourth-order valence-electron chi connectivity index (χ4n) is 4.58. The second kappa shape index (κ2) is 8.42. The minimum absolute atomic E-state index is 0.0253. The highest BCUT2D eigenvalue weighted by molar-refractivity contribution is 6.22. The zero-order chi connectivity index (χ0) is 23.0. The predicted molar refractivity (Wildman–Crippen MR) is 122 cm³/mol. The molecule has 1 aliphatic heterocycles. The first-order valence-corrected chi connectivity index (χ1v) is 10.6. The van der Waals surface area contributed by atoms with Crippen LogP contribution in [0.4, 0.5) is 17.1 Å². The lowest BCUT2D eigenvalue weighted by Gasteiger charge is -2.25. The molecule has 164 valence electrons. The van der Waals surface area contributed by atoms with Gasteiger partial charge in [-0.2, -0.15) is 0 Å². The van der Waals surface area contributed by atoms with Gasteiger partial charge in [0.1, 0.15) is 0 Å². The third-order valence-electron chi connectivity index (χ3n) is 5.98. The van der Waals surface area contributed by atoms with Crippen LogP contribution in [0.1, 0.15) is 37.6 Å². The molecule has 7 nitrogen and oxygen atoms in total. The van der Waals surface area contributed by atoms with E-state index < -0.39 is 0 Å². The lowest BCUT2D eigenvalue weighted by Crippen LogP contribution is -2.31. The van der Waals surface area contributed by atoms with Crippen LogP contribution in [0.5, 0.6) is 0 Å². The number of rotatable bonds is 4. The molecule has 0 radical (unpaired) electrons. The molecule has 2 aliphatic rings. The number of hydrogen-bond acceptors (Lipinski definition) is 4. The third kappa shape index (κ3) is 4.06. The Morgan fingerprint density at radius 3 is 2.09 bits per heavy atom. The predicted octanol–water partition coefficient (Wildman–Crippen LogP) is 3.99. The van der Waals surface area contributed by atoms with Crippen LogP contribution >= 0.6 is 0 Å². The smallest absolute Gasteiger partial charge is 0.255 e. The summed E-state index contributed by atoms with van der Waals surface area (Å²) in [5.74, 6) is -1.44. The summed E-state index contributed by atoms with van der Waals surface area (Å²) in [6, 6.07) is 13.2. The molecule has 1 saturated heterocycles. The Morgan fingerprint density at radius 1 is 0.906 bits per heavy atom. The molecule has 32 heavy (non-hydrogen) atoms. The van der Waals surface area contributed by atoms with E-state index in [0.29, 0.717) is 29.0 Å². The maximum atomic E-state index is 13.0. The van der Waals surface area contributed by atoms with Gasteiger partial charge in [0.2, 0.25) is 17.7 Å². The molecule has 1 aliphatic carbocycles.